The summed E-state index contributed by atoms with van der Waals surface area (Å²) >= 11 is 0. The molecule has 0 bridgehead atoms. The molecule has 0 aromatic carbocycles. The van der Waals surface area contributed by atoms with Gasteiger partial charge in [0, 0.05) is 23.9 Å². The van der Waals surface area contributed by atoms with E-state index in [1.807, 2.05) is 0 Å². The zero-order valence-electron chi connectivity index (χ0n) is 10.9. The number of Topliss-reactive ketones (excluding diaryl/α,β-unsaturated/α-hetero) is 1. The van der Waals surface area contributed by atoms with E-state index in [0.717, 1.165) is 12.8 Å². The normalized spacial score (nSPS) is 31.9. The van der Waals surface area contributed by atoms with Crippen LogP contribution in [0.2, 0.25) is 0 Å². The molecule has 3 fully saturated rings. The molecule has 0 atom stereocenters. The lowest BCUT2D eigenvalue weighted by Gasteiger charge is -2.52. The van der Waals surface area contributed by atoms with Crippen LogP contribution in [0.25, 0.3) is 0 Å². The van der Waals surface area contributed by atoms with Crippen molar-refractivity contribution in [1.29, 1.82) is 0 Å². The highest BCUT2D eigenvalue weighted by Crippen LogP contribution is 2.42. The van der Waals surface area contributed by atoms with Crippen LogP contribution in [0.5, 0.6) is 0 Å². The number of hydrogen-bond donors (Lipinski definition) is 1. The summed E-state index contributed by atoms with van der Waals surface area (Å²) in [7, 11) is 0. The number of hydrogen-bond acceptors (Lipinski definition) is 2. The van der Waals surface area contributed by atoms with Crippen LogP contribution in [-0.4, -0.2) is 16.9 Å². The van der Waals surface area contributed by atoms with Gasteiger partial charge in [-0.3, -0.25) is 4.79 Å². The quantitative estimate of drug-likeness (QED) is 0.697. The van der Waals surface area contributed by atoms with Gasteiger partial charge in [0.1, 0.15) is 5.78 Å². The molecule has 0 amide bonds. The van der Waals surface area contributed by atoms with E-state index in [2.05, 4.69) is 5.32 Å². The van der Waals surface area contributed by atoms with Gasteiger partial charge in [-0.1, -0.05) is 38.5 Å². The van der Waals surface area contributed by atoms with Crippen LogP contribution in [-0.2, 0) is 4.79 Å². The fourth-order valence-electron chi connectivity index (χ4n) is 4.53. The van der Waals surface area contributed by atoms with Crippen LogP contribution in [0.3, 0.4) is 0 Å². The van der Waals surface area contributed by atoms with Crippen molar-refractivity contribution in [2.75, 3.05) is 0 Å². The maximum Gasteiger partial charge on any atom is 0.136 e. The second-order valence-corrected chi connectivity index (χ2v) is 6.70. The van der Waals surface area contributed by atoms with Crippen LogP contribution < -0.4 is 5.32 Å². The first-order valence-electron chi connectivity index (χ1n) is 7.53. The van der Waals surface area contributed by atoms with Gasteiger partial charge in [-0.05, 0) is 25.7 Å². The van der Waals surface area contributed by atoms with Crippen molar-refractivity contribution in [2.24, 2.45) is 0 Å². The Morgan fingerprint density at radius 1 is 0.706 bits per heavy atom. The predicted octanol–water partition coefficient (Wildman–Crippen LogP) is 3.34. The molecular weight excluding hydrogens is 210 g/mol. The summed E-state index contributed by atoms with van der Waals surface area (Å²) in [5.74, 6) is 0.535. The smallest absolute Gasteiger partial charge is 0.136 e. The molecule has 0 aromatic heterocycles. The zero-order chi connectivity index (χ0) is 11.8. The summed E-state index contributed by atoms with van der Waals surface area (Å²) in [6.45, 7) is 0. The monoisotopic (exact) mass is 235 g/mol. The van der Waals surface area contributed by atoms with Gasteiger partial charge >= 0.3 is 0 Å². The Bertz CT molecular complexity index is 270. The Hall–Kier alpha value is -0.370. The Morgan fingerprint density at radius 3 is 1.53 bits per heavy atom. The van der Waals surface area contributed by atoms with Gasteiger partial charge in [-0.25, -0.2) is 0 Å². The predicted molar refractivity (Wildman–Crippen MR) is 69.0 cm³/mol. The molecule has 2 heteroatoms. The minimum Gasteiger partial charge on any atom is -0.305 e. The molecule has 1 heterocycles. The Labute approximate surface area is 105 Å². The average molecular weight is 235 g/mol. The number of rotatable bonds is 0. The Kier molecular flexibility index (Phi) is 3.02. The van der Waals surface area contributed by atoms with E-state index in [4.69, 9.17) is 0 Å². The molecule has 0 aromatic rings. The minimum absolute atomic E-state index is 0.199. The van der Waals surface area contributed by atoms with Crippen molar-refractivity contribution in [1.82, 2.24) is 5.32 Å². The van der Waals surface area contributed by atoms with Crippen molar-refractivity contribution >= 4 is 5.78 Å². The SMILES string of the molecule is O=C1CC2(CCCCC2)NC2(CCCCC2)C1. The van der Waals surface area contributed by atoms with Crippen molar-refractivity contribution in [2.45, 2.75) is 88.1 Å². The average Bonchev–Trinajstić information content (AvgIpc) is 2.29. The lowest BCUT2D eigenvalue weighted by atomic mass is 9.67. The molecule has 0 radical (unpaired) electrons. The maximum atomic E-state index is 12.2. The van der Waals surface area contributed by atoms with Crippen LogP contribution in [0.1, 0.15) is 77.0 Å². The van der Waals surface area contributed by atoms with Crippen molar-refractivity contribution in [3.63, 3.8) is 0 Å². The molecule has 2 spiro atoms. The van der Waals surface area contributed by atoms with Crippen LogP contribution in [0.4, 0.5) is 0 Å². The summed E-state index contributed by atoms with van der Waals surface area (Å²) in [6, 6.07) is 0. The molecule has 0 unspecified atom stereocenters. The van der Waals surface area contributed by atoms with E-state index >= 15 is 0 Å². The minimum atomic E-state index is 0.199. The molecule has 2 aliphatic carbocycles. The van der Waals surface area contributed by atoms with Gasteiger partial charge in [0.25, 0.3) is 0 Å². The summed E-state index contributed by atoms with van der Waals surface area (Å²) in [5.41, 5.74) is 0.399. The number of ketones is 1. The lowest BCUT2D eigenvalue weighted by molar-refractivity contribution is -0.127. The highest BCUT2D eigenvalue weighted by molar-refractivity contribution is 5.82. The van der Waals surface area contributed by atoms with Gasteiger partial charge in [0.15, 0.2) is 0 Å². The molecule has 1 saturated heterocycles. The second-order valence-electron chi connectivity index (χ2n) is 6.70. The summed E-state index contributed by atoms with van der Waals surface area (Å²) in [5, 5.41) is 3.99. The highest BCUT2D eigenvalue weighted by Gasteiger charge is 2.47. The maximum absolute atomic E-state index is 12.2. The van der Waals surface area contributed by atoms with Gasteiger partial charge in [0.2, 0.25) is 0 Å². The molecule has 2 saturated carbocycles. The molecule has 1 aliphatic heterocycles. The lowest BCUT2D eigenvalue weighted by Crippen LogP contribution is -2.64. The third-order valence-electron chi connectivity index (χ3n) is 5.22. The van der Waals surface area contributed by atoms with Gasteiger partial charge < -0.3 is 5.32 Å². The first-order valence-corrected chi connectivity index (χ1v) is 7.53. The van der Waals surface area contributed by atoms with E-state index in [0.29, 0.717) is 5.78 Å². The third kappa shape index (κ3) is 2.29. The van der Waals surface area contributed by atoms with Gasteiger partial charge in [-0.2, -0.15) is 0 Å². The van der Waals surface area contributed by atoms with Crippen molar-refractivity contribution < 1.29 is 4.79 Å². The zero-order valence-corrected chi connectivity index (χ0v) is 10.9. The van der Waals surface area contributed by atoms with Crippen LogP contribution in [0.15, 0.2) is 0 Å². The first kappa shape index (κ1) is 11.7. The highest BCUT2D eigenvalue weighted by atomic mass is 16.1. The summed E-state index contributed by atoms with van der Waals surface area (Å²) in [4.78, 5) is 12.2. The third-order valence-corrected chi connectivity index (χ3v) is 5.22. The van der Waals surface area contributed by atoms with Gasteiger partial charge in [0.05, 0.1) is 0 Å². The standard InChI is InChI=1S/C15H25NO/c17-13-11-14(7-3-1-4-8-14)16-15(12-13)9-5-2-6-10-15/h16H,1-12H2. The first-order chi connectivity index (χ1) is 8.22. The molecule has 1 N–H and O–H groups in total. The molecule has 2 nitrogen and oxygen atoms in total. The molecule has 96 valence electrons. The Balaban J connectivity index is 1.80. The second kappa shape index (κ2) is 4.38. The molecular formula is C15H25NO. The fraction of sp³-hybridized carbons (Fsp3) is 0.933. The van der Waals surface area contributed by atoms with Crippen LogP contribution >= 0.6 is 0 Å². The number of piperidine rings is 1. The molecule has 3 rings (SSSR count). The van der Waals surface area contributed by atoms with E-state index in [1.165, 1.54) is 64.2 Å². The fourth-order valence-corrected chi connectivity index (χ4v) is 4.53. The molecule has 17 heavy (non-hydrogen) atoms. The van der Waals surface area contributed by atoms with E-state index < -0.39 is 0 Å². The number of carbonyl (C=O) groups excluding carboxylic acids is 1. The van der Waals surface area contributed by atoms with Crippen LogP contribution in [0, 0.1) is 0 Å². The molecule has 3 aliphatic rings. The van der Waals surface area contributed by atoms with E-state index in [-0.39, 0.29) is 11.1 Å². The van der Waals surface area contributed by atoms with Crippen molar-refractivity contribution in [3.05, 3.63) is 0 Å². The Morgan fingerprint density at radius 2 is 1.12 bits per heavy atom. The summed E-state index contributed by atoms with van der Waals surface area (Å²) < 4.78 is 0. The van der Waals surface area contributed by atoms with Crippen molar-refractivity contribution in [3.8, 4) is 0 Å². The number of carbonyl (C=O) groups is 1. The topological polar surface area (TPSA) is 29.1 Å². The number of nitrogens with one attached hydrogen (secondary N) is 1. The summed E-state index contributed by atoms with van der Waals surface area (Å²) in [6.07, 6.45) is 14.6. The van der Waals surface area contributed by atoms with Gasteiger partial charge in [-0.15, -0.1) is 0 Å². The van der Waals surface area contributed by atoms with E-state index in [9.17, 15) is 4.79 Å². The largest absolute Gasteiger partial charge is 0.305 e. The van der Waals surface area contributed by atoms with E-state index in [1.54, 1.807) is 0 Å².